The molecule has 1 atom stereocenters. The van der Waals surface area contributed by atoms with Gasteiger partial charge in [0.2, 0.25) is 0 Å². The van der Waals surface area contributed by atoms with E-state index in [1.54, 1.807) is 19.5 Å². The highest BCUT2D eigenvalue weighted by atomic mass is 16.5. The number of carbonyl (C=O) groups is 1. The molecule has 3 nitrogen and oxygen atoms in total. The van der Waals surface area contributed by atoms with E-state index >= 15 is 0 Å². The topological polar surface area (TPSA) is 39.2 Å². The van der Waals surface area contributed by atoms with E-state index in [0.717, 1.165) is 23.2 Å². The van der Waals surface area contributed by atoms with Crippen LogP contribution in [0.4, 0.5) is 0 Å². The van der Waals surface area contributed by atoms with Crippen molar-refractivity contribution in [2.75, 3.05) is 7.11 Å². The van der Waals surface area contributed by atoms with Gasteiger partial charge in [-0.3, -0.25) is 4.98 Å². The van der Waals surface area contributed by atoms with E-state index in [9.17, 15) is 4.79 Å². The molecule has 0 spiro atoms. The lowest BCUT2D eigenvalue weighted by Gasteiger charge is -2.25. The highest BCUT2D eigenvalue weighted by Crippen LogP contribution is 2.32. The van der Waals surface area contributed by atoms with Crippen LogP contribution in [0.5, 0.6) is 5.75 Å². The van der Waals surface area contributed by atoms with Gasteiger partial charge in [-0.15, -0.1) is 0 Å². The van der Waals surface area contributed by atoms with Gasteiger partial charge >= 0.3 is 0 Å². The molecule has 0 saturated carbocycles. The third kappa shape index (κ3) is 2.81. The van der Waals surface area contributed by atoms with Crippen molar-refractivity contribution in [1.29, 1.82) is 0 Å². The van der Waals surface area contributed by atoms with Crippen molar-refractivity contribution in [2.45, 2.75) is 18.8 Å². The number of pyridine rings is 1. The zero-order valence-electron chi connectivity index (χ0n) is 11.2. The predicted octanol–water partition coefficient (Wildman–Crippen LogP) is 2.79. The minimum atomic E-state index is -0.615. The van der Waals surface area contributed by atoms with E-state index in [1.807, 2.05) is 43.3 Å². The molecule has 0 aliphatic rings. The highest BCUT2D eigenvalue weighted by molar-refractivity contribution is 5.70. The van der Waals surface area contributed by atoms with Crippen molar-refractivity contribution < 1.29 is 9.53 Å². The lowest BCUT2D eigenvalue weighted by atomic mass is 9.78. The molecule has 1 unspecified atom stereocenters. The Morgan fingerprint density at radius 2 is 2.05 bits per heavy atom. The molecular weight excluding hydrogens is 238 g/mol. The third-order valence-corrected chi connectivity index (χ3v) is 3.28. The van der Waals surface area contributed by atoms with Gasteiger partial charge in [-0.1, -0.05) is 24.3 Å². The van der Waals surface area contributed by atoms with Crippen LogP contribution >= 0.6 is 0 Å². The summed E-state index contributed by atoms with van der Waals surface area (Å²) in [7, 11) is 1.62. The van der Waals surface area contributed by atoms with E-state index in [4.69, 9.17) is 4.74 Å². The van der Waals surface area contributed by atoms with E-state index < -0.39 is 5.41 Å². The SMILES string of the molecule is COc1ccccc1C(C)(C=O)Cc1cccnc1. The Labute approximate surface area is 113 Å². The maximum absolute atomic E-state index is 11.6. The fourth-order valence-electron chi connectivity index (χ4n) is 2.24. The van der Waals surface area contributed by atoms with Gasteiger partial charge in [-0.05, 0) is 31.0 Å². The number of aromatic nitrogens is 1. The molecule has 0 aliphatic heterocycles. The van der Waals surface area contributed by atoms with Crippen LogP contribution in [-0.2, 0) is 16.6 Å². The molecule has 3 heteroatoms. The predicted molar refractivity (Wildman–Crippen MR) is 74.4 cm³/mol. The van der Waals surface area contributed by atoms with Crippen LogP contribution in [0.3, 0.4) is 0 Å². The quantitative estimate of drug-likeness (QED) is 0.771. The summed E-state index contributed by atoms with van der Waals surface area (Å²) in [6, 6.07) is 11.5. The Morgan fingerprint density at radius 1 is 1.26 bits per heavy atom. The monoisotopic (exact) mass is 255 g/mol. The molecule has 0 N–H and O–H groups in total. The molecule has 1 aromatic heterocycles. The number of hydrogen-bond donors (Lipinski definition) is 0. The van der Waals surface area contributed by atoms with Crippen LogP contribution in [0.1, 0.15) is 18.1 Å². The van der Waals surface area contributed by atoms with Gasteiger partial charge in [-0.2, -0.15) is 0 Å². The first-order valence-electron chi connectivity index (χ1n) is 6.18. The molecule has 2 aromatic rings. The average Bonchev–Trinajstić information content (AvgIpc) is 2.48. The van der Waals surface area contributed by atoms with Crippen LogP contribution in [0, 0.1) is 0 Å². The summed E-state index contributed by atoms with van der Waals surface area (Å²) in [6.07, 6.45) is 5.10. The molecule has 98 valence electrons. The van der Waals surface area contributed by atoms with Crippen molar-refractivity contribution in [3.05, 3.63) is 59.9 Å². The van der Waals surface area contributed by atoms with Crippen molar-refractivity contribution >= 4 is 6.29 Å². The van der Waals surface area contributed by atoms with E-state index in [0.29, 0.717) is 6.42 Å². The van der Waals surface area contributed by atoms with E-state index in [1.165, 1.54) is 0 Å². The summed E-state index contributed by atoms with van der Waals surface area (Å²) in [4.78, 5) is 15.7. The van der Waals surface area contributed by atoms with Crippen LogP contribution in [0.15, 0.2) is 48.8 Å². The molecule has 0 fully saturated rings. The summed E-state index contributed by atoms with van der Waals surface area (Å²) in [5.74, 6) is 0.737. The standard InChI is InChI=1S/C16H17NO2/c1-16(12-18,10-13-6-5-9-17-11-13)14-7-3-4-8-15(14)19-2/h3-9,11-12H,10H2,1-2H3. The fourth-order valence-corrected chi connectivity index (χ4v) is 2.24. The summed E-state index contributed by atoms with van der Waals surface area (Å²) in [6.45, 7) is 1.92. The van der Waals surface area contributed by atoms with Gasteiger partial charge in [0.05, 0.1) is 12.5 Å². The number of nitrogens with zero attached hydrogens (tertiary/aromatic N) is 1. The van der Waals surface area contributed by atoms with Gasteiger partial charge in [0.1, 0.15) is 12.0 Å². The van der Waals surface area contributed by atoms with Crippen LogP contribution in [0.2, 0.25) is 0 Å². The number of aldehydes is 1. The zero-order chi connectivity index (χ0) is 13.7. The molecule has 0 amide bonds. The first kappa shape index (κ1) is 13.3. The van der Waals surface area contributed by atoms with E-state index in [2.05, 4.69) is 4.98 Å². The Balaban J connectivity index is 2.39. The maximum Gasteiger partial charge on any atom is 0.130 e. The molecule has 1 heterocycles. The molecule has 0 saturated heterocycles. The second kappa shape index (κ2) is 5.65. The van der Waals surface area contributed by atoms with Gasteiger partial charge in [0.25, 0.3) is 0 Å². The van der Waals surface area contributed by atoms with Crippen molar-refractivity contribution in [1.82, 2.24) is 4.98 Å². The smallest absolute Gasteiger partial charge is 0.130 e. The average molecular weight is 255 g/mol. The summed E-state index contributed by atoms with van der Waals surface area (Å²) < 4.78 is 5.36. The highest BCUT2D eigenvalue weighted by Gasteiger charge is 2.29. The Bertz CT molecular complexity index is 554. The Kier molecular flexibility index (Phi) is 3.95. The molecular formula is C16H17NO2. The van der Waals surface area contributed by atoms with Crippen molar-refractivity contribution in [3.63, 3.8) is 0 Å². The molecule has 0 aliphatic carbocycles. The molecule has 0 radical (unpaired) electrons. The van der Waals surface area contributed by atoms with Crippen LogP contribution in [-0.4, -0.2) is 18.4 Å². The van der Waals surface area contributed by atoms with Gasteiger partial charge in [0, 0.05) is 18.0 Å². The minimum absolute atomic E-state index is 0.602. The molecule has 19 heavy (non-hydrogen) atoms. The zero-order valence-corrected chi connectivity index (χ0v) is 11.2. The second-order valence-electron chi connectivity index (χ2n) is 4.77. The number of ether oxygens (including phenoxy) is 1. The van der Waals surface area contributed by atoms with Gasteiger partial charge < -0.3 is 9.53 Å². The number of carbonyl (C=O) groups excluding carboxylic acids is 1. The van der Waals surface area contributed by atoms with Crippen LogP contribution in [0.25, 0.3) is 0 Å². The maximum atomic E-state index is 11.6. The first-order valence-corrected chi connectivity index (χ1v) is 6.18. The number of benzene rings is 1. The summed E-state index contributed by atoms with van der Waals surface area (Å²) in [5.41, 5.74) is 1.31. The van der Waals surface area contributed by atoms with Crippen molar-refractivity contribution in [3.8, 4) is 5.75 Å². The van der Waals surface area contributed by atoms with Crippen molar-refractivity contribution in [2.24, 2.45) is 0 Å². The minimum Gasteiger partial charge on any atom is -0.496 e. The summed E-state index contributed by atoms with van der Waals surface area (Å²) >= 11 is 0. The number of hydrogen-bond acceptors (Lipinski definition) is 3. The third-order valence-electron chi connectivity index (χ3n) is 3.28. The lowest BCUT2D eigenvalue weighted by Crippen LogP contribution is -2.27. The van der Waals surface area contributed by atoms with Gasteiger partial charge in [-0.25, -0.2) is 0 Å². The van der Waals surface area contributed by atoms with Crippen LogP contribution < -0.4 is 4.74 Å². The molecule has 2 rings (SSSR count). The molecule has 0 bridgehead atoms. The Hall–Kier alpha value is -2.16. The first-order chi connectivity index (χ1) is 9.19. The van der Waals surface area contributed by atoms with Gasteiger partial charge in [0.15, 0.2) is 0 Å². The molecule has 1 aromatic carbocycles. The van der Waals surface area contributed by atoms with E-state index in [-0.39, 0.29) is 0 Å². The second-order valence-corrected chi connectivity index (χ2v) is 4.77. The fraction of sp³-hybridized carbons (Fsp3) is 0.250. The largest absolute Gasteiger partial charge is 0.496 e. The lowest BCUT2D eigenvalue weighted by molar-refractivity contribution is -0.112. The normalized spacial score (nSPS) is 13.6. The number of para-hydroxylation sites is 1. The number of methoxy groups -OCH3 is 1. The number of rotatable bonds is 5. The summed E-state index contributed by atoms with van der Waals surface area (Å²) in [5, 5.41) is 0. The Morgan fingerprint density at radius 3 is 2.68 bits per heavy atom.